The first-order valence-corrected chi connectivity index (χ1v) is 8.74. The Morgan fingerprint density at radius 2 is 2.17 bits per heavy atom. The molecule has 18 heavy (non-hydrogen) atoms. The Kier molecular flexibility index (Phi) is 6.45. The fourth-order valence-electron chi connectivity index (χ4n) is 1.37. The first-order valence-electron chi connectivity index (χ1n) is 5.48. The lowest BCUT2D eigenvalue weighted by atomic mass is 10.2. The van der Waals surface area contributed by atoms with Crippen LogP contribution in [-0.2, 0) is 16.6 Å². The highest BCUT2D eigenvalue weighted by Gasteiger charge is 2.14. The number of thioether (sulfide) groups is 1. The van der Waals surface area contributed by atoms with Gasteiger partial charge in [0.1, 0.15) is 0 Å². The van der Waals surface area contributed by atoms with Crippen LogP contribution >= 0.6 is 23.4 Å². The summed E-state index contributed by atoms with van der Waals surface area (Å²) in [5.41, 5.74) is 6.21. The van der Waals surface area contributed by atoms with E-state index in [0.29, 0.717) is 18.1 Å². The molecule has 1 aromatic carbocycles. The summed E-state index contributed by atoms with van der Waals surface area (Å²) in [6.45, 7) is 0.722. The number of hydrogen-bond acceptors (Lipinski definition) is 4. The van der Waals surface area contributed by atoms with Crippen LogP contribution in [0.1, 0.15) is 12.0 Å². The van der Waals surface area contributed by atoms with Crippen LogP contribution in [0.3, 0.4) is 0 Å². The summed E-state index contributed by atoms with van der Waals surface area (Å²) in [5.74, 6) is 0.926. The largest absolute Gasteiger partial charge is 0.326 e. The third-order valence-electron chi connectivity index (χ3n) is 2.37. The van der Waals surface area contributed by atoms with Gasteiger partial charge in [-0.2, -0.15) is 11.8 Å². The van der Waals surface area contributed by atoms with E-state index in [1.54, 1.807) is 17.8 Å². The molecule has 0 atom stereocenters. The molecule has 1 rings (SSSR count). The highest BCUT2D eigenvalue weighted by Crippen LogP contribution is 2.20. The molecule has 0 spiro atoms. The van der Waals surface area contributed by atoms with Gasteiger partial charge in [0.25, 0.3) is 0 Å². The summed E-state index contributed by atoms with van der Waals surface area (Å²) in [4.78, 5) is 0.175. The summed E-state index contributed by atoms with van der Waals surface area (Å²) in [6, 6.07) is 4.59. The summed E-state index contributed by atoms with van der Waals surface area (Å²) in [5, 5.41) is 0.379. The van der Waals surface area contributed by atoms with E-state index in [0.717, 1.165) is 17.7 Å². The van der Waals surface area contributed by atoms with Crippen molar-refractivity contribution in [3.8, 4) is 0 Å². The second-order valence-corrected chi connectivity index (χ2v) is 6.86. The molecular weight excluding hydrogens is 292 g/mol. The van der Waals surface area contributed by atoms with Crippen LogP contribution in [-0.4, -0.2) is 27.0 Å². The molecule has 0 bridgehead atoms. The van der Waals surface area contributed by atoms with E-state index in [-0.39, 0.29) is 4.90 Å². The van der Waals surface area contributed by atoms with Crippen molar-refractivity contribution in [2.24, 2.45) is 5.73 Å². The van der Waals surface area contributed by atoms with Gasteiger partial charge in [-0.1, -0.05) is 17.7 Å². The van der Waals surface area contributed by atoms with Crippen molar-refractivity contribution in [1.82, 2.24) is 4.72 Å². The molecule has 0 aliphatic rings. The number of nitrogens with one attached hydrogen (secondary N) is 1. The first-order chi connectivity index (χ1) is 8.51. The van der Waals surface area contributed by atoms with Gasteiger partial charge in [0.15, 0.2) is 0 Å². The average molecular weight is 309 g/mol. The molecule has 4 nitrogen and oxygen atoms in total. The molecule has 3 N–H and O–H groups in total. The fraction of sp³-hybridized carbons (Fsp3) is 0.455. The Balaban J connectivity index is 2.76. The minimum Gasteiger partial charge on any atom is -0.326 e. The van der Waals surface area contributed by atoms with Gasteiger partial charge in [-0.25, -0.2) is 13.1 Å². The molecule has 0 radical (unpaired) electrons. The Morgan fingerprint density at radius 1 is 1.44 bits per heavy atom. The van der Waals surface area contributed by atoms with E-state index in [9.17, 15) is 8.42 Å². The van der Waals surface area contributed by atoms with Gasteiger partial charge in [-0.3, -0.25) is 0 Å². The van der Waals surface area contributed by atoms with Crippen LogP contribution in [0.15, 0.2) is 23.1 Å². The number of benzene rings is 1. The van der Waals surface area contributed by atoms with Gasteiger partial charge < -0.3 is 5.73 Å². The van der Waals surface area contributed by atoms with Crippen LogP contribution in [0.2, 0.25) is 5.02 Å². The van der Waals surface area contributed by atoms with Gasteiger partial charge in [-0.15, -0.1) is 0 Å². The van der Waals surface area contributed by atoms with Crippen LogP contribution in [0.4, 0.5) is 0 Å². The zero-order valence-corrected chi connectivity index (χ0v) is 12.5. The lowest BCUT2D eigenvalue weighted by molar-refractivity contribution is 0.581. The number of hydrogen-bond donors (Lipinski definition) is 2. The highest BCUT2D eigenvalue weighted by atomic mass is 35.5. The van der Waals surface area contributed by atoms with Gasteiger partial charge in [0.05, 0.1) is 4.90 Å². The minimum absolute atomic E-state index is 0.175. The molecule has 0 unspecified atom stereocenters. The van der Waals surface area contributed by atoms with Gasteiger partial charge >= 0.3 is 0 Å². The molecule has 0 aliphatic heterocycles. The molecule has 0 aromatic heterocycles. The zero-order valence-electron chi connectivity index (χ0n) is 10.1. The second kappa shape index (κ2) is 7.35. The summed E-state index contributed by atoms with van der Waals surface area (Å²) in [7, 11) is -3.47. The fourth-order valence-corrected chi connectivity index (χ4v) is 3.22. The van der Waals surface area contributed by atoms with Crippen molar-refractivity contribution in [2.45, 2.75) is 17.9 Å². The van der Waals surface area contributed by atoms with Crippen molar-refractivity contribution in [3.63, 3.8) is 0 Å². The smallest absolute Gasteiger partial charge is 0.240 e. The lowest BCUT2D eigenvalue weighted by Crippen LogP contribution is -2.25. The zero-order chi connectivity index (χ0) is 13.6. The molecule has 102 valence electrons. The van der Waals surface area contributed by atoms with Crippen LogP contribution in [0.25, 0.3) is 0 Å². The van der Waals surface area contributed by atoms with Gasteiger partial charge in [-0.05, 0) is 36.1 Å². The van der Waals surface area contributed by atoms with Crippen molar-refractivity contribution in [1.29, 1.82) is 0 Å². The standard InChI is InChI=1S/C11H17ClN2O2S2/c1-17-6-2-5-14-18(15,16)10-4-3-9(8-13)11(12)7-10/h3-4,7,14H,2,5-6,8,13H2,1H3. The Bertz CT molecular complexity index is 492. The van der Waals surface area contributed by atoms with Crippen molar-refractivity contribution in [2.75, 3.05) is 18.6 Å². The van der Waals surface area contributed by atoms with E-state index >= 15 is 0 Å². The molecule has 0 saturated heterocycles. The van der Waals surface area contributed by atoms with Crippen molar-refractivity contribution < 1.29 is 8.42 Å². The molecule has 1 aromatic rings. The first kappa shape index (κ1) is 15.8. The topological polar surface area (TPSA) is 72.2 Å². The lowest BCUT2D eigenvalue weighted by Gasteiger charge is -2.08. The predicted molar refractivity (Wildman–Crippen MR) is 77.5 cm³/mol. The normalized spacial score (nSPS) is 11.7. The van der Waals surface area contributed by atoms with Crippen LogP contribution in [0, 0.1) is 0 Å². The predicted octanol–water partition coefficient (Wildman–Crippen LogP) is 1.83. The third kappa shape index (κ3) is 4.44. The Hall–Kier alpha value is -0.270. The molecule has 0 heterocycles. The molecule has 0 saturated carbocycles. The maximum absolute atomic E-state index is 11.9. The molecule has 7 heteroatoms. The number of rotatable bonds is 7. The number of halogens is 1. The maximum Gasteiger partial charge on any atom is 0.240 e. The van der Waals surface area contributed by atoms with E-state index < -0.39 is 10.0 Å². The average Bonchev–Trinajstić information content (AvgIpc) is 2.34. The van der Waals surface area contributed by atoms with E-state index in [1.165, 1.54) is 12.1 Å². The third-order valence-corrected chi connectivity index (χ3v) is 4.88. The molecule has 0 aliphatic carbocycles. The molecular formula is C11H17ClN2O2S2. The molecule has 0 fully saturated rings. The summed E-state index contributed by atoms with van der Waals surface area (Å²) < 4.78 is 26.4. The summed E-state index contributed by atoms with van der Waals surface area (Å²) in [6.07, 6.45) is 2.79. The van der Waals surface area contributed by atoms with Gasteiger partial charge in [0, 0.05) is 18.1 Å². The molecule has 0 amide bonds. The van der Waals surface area contributed by atoms with E-state index in [1.807, 2.05) is 6.26 Å². The van der Waals surface area contributed by atoms with E-state index in [2.05, 4.69) is 4.72 Å². The second-order valence-electron chi connectivity index (χ2n) is 3.70. The van der Waals surface area contributed by atoms with Crippen LogP contribution in [0.5, 0.6) is 0 Å². The number of sulfonamides is 1. The Morgan fingerprint density at radius 3 is 2.72 bits per heavy atom. The van der Waals surface area contributed by atoms with E-state index in [4.69, 9.17) is 17.3 Å². The SMILES string of the molecule is CSCCCNS(=O)(=O)c1ccc(CN)c(Cl)c1. The quantitative estimate of drug-likeness (QED) is 0.754. The van der Waals surface area contributed by atoms with Crippen molar-refractivity contribution >= 4 is 33.4 Å². The highest BCUT2D eigenvalue weighted by molar-refractivity contribution is 7.98. The monoisotopic (exact) mass is 308 g/mol. The van der Waals surface area contributed by atoms with Crippen molar-refractivity contribution in [3.05, 3.63) is 28.8 Å². The Labute approximate surface area is 117 Å². The maximum atomic E-state index is 11.9. The minimum atomic E-state index is -3.47. The van der Waals surface area contributed by atoms with Crippen LogP contribution < -0.4 is 10.5 Å². The van der Waals surface area contributed by atoms with Gasteiger partial charge in [0.2, 0.25) is 10.0 Å². The summed E-state index contributed by atoms with van der Waals surface area (Å²) >= 11 is 7.63. The number of nitrogens with two attached hydrogens (primary N) is 1.